The Morgan fingerprint density at radius 1 is 1.24 bits per heavy atom. The molecule has 0 fully saturated rings. The summed E-state index contributed by atoms with van der Waals surface area (Å²) in [6, 6.07) is 2.52. The van der Waals surface area contributed by atoms with Gasteiger partial charge in [0.25, 0.3) is 0 Å². The summed E-state index contributed by atoms with van der Waals surface area (Å²) in [6.07, 6.45) is 2.15. The van der Waals surface area contributed by atoms with E-state index in [1.807, 2.05) is 0 Å². The first-order chi connectivity index (χ1) is 10.2. The molecule has 0 bridgehead atoms. The number of halogens is 3. The highest BCUT2D eigenvalue weighted by Gasteiger charge is 2.17. The van der Waals surface area contributed by atoms with Gasteiger partial charge in [-0.2, -0.15) is 4.98 Å². The summed E-state index contributed by atoms with van der Waals surface area (Å²) in [5, 5.41) is 3.51. The zero-order valence-corrected chi connectivity index (χ0v) is 11.6. The Balaban J connectivity index is 2.04. The normalized spacial score (nSPS) is 11.4. The number of rotatable bonds is 5. The standard InChI is InChI=1S/C13H11ClF2N4O/c14-5-3-10-19-9-2-1-8(15)12(16)13(9)20(10)6-4-11-17-7-18-21-11/h1-2,7H,3-6H2. The molecule has 0 saturated carbocycles. The van der Waals surface area contributed by atoms with E-state index in [0.29, 0.717) is 42.5 Å². The fourth-order valence-corrected chi connectivity index (χ4v) is 2.40. The molecule has 2 aromatic heterocycles. The van der Waals surface area contributed by atoms with Gasteiger partial charge in [0.2, 0.25) is 5.89 Å². The molecule has 0 atom stereocenters. The molecule has 5 nitrogen and oxygen atoms in total. The average molecular weight is 313 g/mol. The third-order valence-corrected chi connectivity index (χ3v) is 3.34. The molecule has 3 aromatic rings. The van der Waals surface area contributed by atoms with Crippen LogP contribution in [0.15, 0.2) is 23.0 Å². The highest BCUT2D eigenvalue weighted by Crippen LogP contribution is 2.23. The van der Waals surface area contributed by atoms with Crippen LogP contribution in [-0.2, 0) is 19.4 Å². The zero-order valence-electron chi connectivity index (χ0n) is 10.9. The van der Waals surface area contributed by atoms with E-state index in [1.54, 1.807) is 4.57 Å². The van der Waals surface area contributed by atoms with E-state index in [0.717, 1.165) is 6.07 Å². The van der Waals surface area contributed by atoms with E-state index < -0.39 is 11.6 Å². The largest absolute Gasteiger partial charge is 0.340 e. The molecule has 0 amide bonds. The topological polar surface area (TPSA) is 56.7 Å². The fraction of sp³-hybridized carbons (Fsp3) is 0.308. The minimum Gasteiger partial charge on any atom is -0.340 e. The molecule has 2 heterocycles. The van der Waals surface area contributed by atoms with Crippen LogP contribution in [-0.4, -0.2) is 25.6 Å². The van der Waals surface area contributed by atoms with Crippen molar-refractivity contribution in [2.75, 3.05) is 5.88 Å². The summed E-state index contributed by atoms with van der Waals surface area (Å²) in [5.41, 5.74) is 0.536. The first-order valence-corrected chi connectivity index (χ1v) is 6.88. The minimum atomic E-state index is -0.911. The Labute approximate surface area is 123 Å². The first kappa shape index (κ1) is 13.9. The van der Waals surface area contributed by atoms with Gasteiger partial charge in [-0.05, 0) is 12.1 Å². The molecule has 3 rings (SSSR count). The van der Waals surface area contributed by atoms with Crippen molar-refractivity contribution in [3.05, 3.63) is 41.8 Å². The summed E-state index contributed by atoms with van der Waals surface area (Å²) in [6.45, 7) is 0.352. The van der Waals surface area contributed by atoms with Crippen molar-refractivity contribution in [3.8, 4) is 0 Å². The molecule has 0 N–H and O–H groups in total. The van der Waals surface area contributed by atoms with Crippen LogP contribution >= 0.6 is 11.6 Å². The number of aromatic nitrogens is 4. The van der Waals surface area contributed by atoms with Crippen LogP contribution in [0.3, 0.4) is 0 Å². The third kappa shape index (κ3) is 2.61. The Morgan fingerprint density at radius 2 is 2.10 bits per heavy atom. The van der Waals surface area contributed by atoms with Gasteiger partial charge in [-0.3, -0.25) is 0 Å². The van der Waals surface area contributed by atoms with Crippen molar-refractivity contribution >= 4 is 22.6 Å². The Hall–Kier alpha value is -2.02. The number of hydrogen-bond donors (Lipinski definition) is 0. The van der Waals surface area contributed by atoms with Gasteiger partial charge in [0.15, 0.2) is 18.0 Å². The SMILES string of the molecule is Fc1ccc2nc(CCCl)n(CCc3ncno3)c2c1F. The van der Waals surface area contributed by atoms with Gasteiger partial charge < -0.3 is 9.09 Å². The smallest absolute Gasteiger partial charge is 0.228 e. The summed E-state index contributed by atoms with van der Waals surface area (Å²) in [7, 11) is 0. The van der Waals surface area contributed by atoms with Crippen LogP contribution in [0.2, 0.25) is 0 Å². The summed E-state index contributed by atoms with van der Waals surface area (Å²) >= 11 is 5.74. The molecule has 0 aliphatic rings. The number of aryl methyl sites for hydroxylation is 3. The summed E-state index contributed by atoms with van der Waals surface area (Å²) in [5.74, 6) is -0.451. The molecule has 0 saturated heterocycles. The van der Waals surface area contributed by atoms with E-state index in [4.69, 9.17) is 16.1 Å². The van der Waals surface area contributed by atoms with Crippen LogP contribution in [0.5, 0.6) is 0 Å². The molecule has 1 aromatic carbocycles. The van der Waals surface area contributed by atoms with Gasteiger partial charge in [-0.15, -0.1) is 11.6 Å². The fourth-order valence-electron chi connectivity index (χ4n) is 2.24. The van der Waals surface area contributed by atoms with Crippen molar-refractivity contribution in [1.82, 2.24) is 19.7 Å². The molecule has 0 spiro atoms. The minimum absolute atomic E-state index is 0.134. The maximum atomic E-state index is 14.1. The summed E-state index contributed by atoms with van der Waals surface area (Å²) < 4.78 is 34.0. The lowest BCUT2D eigenvalue weighted by atomic mass is 10.3. The van der Waals surface area contributed by atoms with Crippen LogP contribution in [0.25, 0.3) is 11.0 Å². The quantitative estimate of drug-likeness (QED) is 0.680. The zero-order chi connectivity index (χ0) is 14.8. The van der Waals surface area contributed by atoms with E-state index in [2.05, 4.69) is 15.1 Å². The number of imidazole rings is 1. The second kappa shape index (κ2) is 5.77. The molecule has 8 heteroatoms. The Morgan fingerprint density at radius 3 is 2.81 bits per heavy atom. The number of nitrogens with zero attached hydrogens (tertiary/aromatic N) is 4. The molecule has 110 valence electrons. The van der Waals surface area contributed by atoms with Gasteiger partial charge in [0.05, 0.1) is 5.52 Å². The predicted molar refractivity (Wildman–Crippen MR) is 72.1 cm³/mol. The lowest BCUT2D eigenvalue weighted by Gasteiger charge is -2.07. The van der Waals surface area contributed by atoms with E-state index in [1.165, 1.54) is 12.4 Å². The van der Waals surface area contributed by atoms with E-state index in [9.17, 15) is 8.78 Å². The molecule has 0 radical (unpaired) electrons. The Kier molecular flexibility index (Phi) is 3.83. The highest BCUT2D eigenvalue weighted by molar-refractivity contribution is 6.17. The van der Waals surface area contributed by atoms with Crippen molar-refractivity contribution < 1.29 is 13.3 Å². The highest BCUT2D eigenvalue weighted by atomic mass is 35.5. The maximum absolute atomic E-state index is 14.1. The molecule has 0 aliphatic carbocycles. The second-order valence-electron chi connectivity index (χ2n) is 4.43. The number of hydrogen-bond acceptors (Lipinski definition) is 4. The van der Waals surface area contributed by atoms with Gasteiger partial charge in [0, 0.05) is 25.3 Å². The number of benzene rings is 1. The first-order valence-electron chi connectivity index (χ1n) is 6.35. The molecular formula is C13H11ClF2N4O. The van der Waals surface area contributed by atoms with Crippen molar-refractivity contribution in [1.29, 1.82) is 0 Å². The van der Waals surface area contributed by atoms with Crippen molar-refractivity contribution in [2.24, 2.45) is 0 Å². The van der Waals surface area contributed by atoms with Crippen molar-refractivity contribution in [2.45, 2.75) is 19.4 Å². The molecule has 0 unspecified atom stereocenters. The van der Waals surface area contributed by atoms with Gasteiger partial charge in [0.1, 0.15) is 11.3 Å². The lowest BCUT2D eigenvalue weighted by molar-refractivity contribution is 0.370. The average Bonchev–Trinajstić information content (AvgIpc) is 3.09. The molecule has 0 aliphatic heterocycles. The monoisotopic (exact) mass is 312 g/mol. The summed E-state index contributed by atoms with van der Waals surface area (Å²) in [4.78, 5) is 8.22. The van der Waals surface area contributed by atoms with E-state index in [-0.39, 0.29) is 5.52 Å². The van der Waals surface area contributed by atoms with Crippen LogP contribution in [0, 0.1) is 11.6 Å². The lowest BCUT2D eigenvalue weighted by Crippen LogP contribution is -2.08. The number of fused-ring (bicyclic) bond motifs is 1. The van der Waals surface area contributed by atoms with E-state index >= 15 is 0 Å². The predicted octanol–water partition coefficient (Wildman–Crippen LogP) is 2.72. The van der Waals surface area contributed by atoms with Crippen LogP contribution < -0.4 is 0 Å². The molecule has 21 heavy (non-hydrogen) atoms. The Bertz CT molecular complexity index is 757. The van der Waals surface area contributed by atoms with Gasteiger partial charge in [-0.25, -0.2) is 13.8 Å². The second-order valence-corrected chi connectivity index (χ2v) is 4.81. The number of alkyl halides is 1. The van der Waals surface area contributed by atoms with Gasteiger partial charge >= 0.3 is 0 Å². The molecular weight excluding hydrogens is 302 g/mol. The van der Waals surface area contributed by atoms with Crippen LogP contribution in [0.4, 0.5) is 8.78 Å². The van der Waals surface area contributed by atoms with Crippen molar-refractivity contribution in [3.63, 3.8) is 0 Å². The maximum Gasteiger partial charge on any atom is 0.228 e. The van der Waals surface area contributed by atoms with Crippen LogP contribution in [0.1, 0.15) is 11.7 Å². The van der Waals surface area contributed by atoms with Gasteiger partial charge in [-0.1, -0.05) is 5.16 Å². The third-order valence-electron chi connectivity index (χ3n) is 3.15.